The second kappa shape index (κ2) is 17.6. The number of phenolic OH excluding ortho intramolecular Hbond substituents is 2. The minimum atomic E-state index is -4.99. The lowest BCUT2D eigenvalue weighted by Gasteiger charge is -2.11. The van der Waals surface area contributed by atoms with Crippen molar-refractivity contribution in [1.29, 1.82) is 0 Å². The number of azo groups is 3. The predicted molar refractivity (Wildman–Crippen MR) is 252 cm³/mol. The Labute approximate surface area is 389 Å². The number of phenols is 2. The summed E-state index contributed by atoms with van der Waals surface area (Å²) >= 11 is 0. The van der Waals surface area contributed by atoms with Gasteiger partial charge in [0.15, 0.2) is 11.5 Å². The van der Waals surface area contributed by atoms with Crippen LogP contribution >= 0.6 is 0 Å². The van der Waals surface area contributed by atoms with Crippen molar-refractivity contribution in [2.45, 2.75) is 19.6 Å². The molecule has 0 radical (unpaired) electrons. The maximum absolute atomic E-state index is 12.6. The van der Waals surface area contributed by atoms with E-state index in [0.29, 0.717) is 0 Å². The van der Waals surface area contributed by atoms with E-state index in [1.165, 1.54) is 91.0 Å². The fourth-order valence-electron chi connectivity index (χ4n) is 6.94. The molecule has 0 saturated carbocycles. The quantitative estimate of drug-likeness (QED) is 0.0312. The van der Waals surface area contributed by atoms with Crippen molar-refractivity contribution in [3.05, 3.63) is 121 Å². The van der Waals surface area contributed by atoms with Crippen LogP contribution in [0.2, 0.25) is 0 Å². The van der Waals surface area contributed by atoms with E-state index < -0.39 is 82.9 Å². The average molecular weight is 1010 g/mol. The number of benzene rings is 8. The minimum absolute atomic E-state index is 0.0200. The highest BCUT2D eigenvalue weighted by Gasteiger charge is 2.24. The fourth-order valence-corrected chi connectivity index (χ4v) is 9.43. The summed E-state index contributed by atoms with van der Waals surface area (Å²) in [5, 5.41) is 49.5. The second-order valence-electron chi connectivity index (χ2n) is 14.8. The van der Waals surface area contributed by atoms with Crippen molar-refractivity contribution in [2.75, 3.05) is 16.8 Å². The molecule has 0 heterocycles. The molecule has 11 N–H and O–H groups in total. The SMILES string of the molecule is Nc1ccc2c(O)c(N=Nc3ccc(Nc4ccc(N=Nc5ccc(N=Nc6c(S(=O)(=O)O)cc7cc(N)ccc7c6O)c6ccc(S(=O)(=O)O)cc56)cc4S(=O)(=O)O)cc3)c(S(=O)(=O)O)cc2c1. The van der Waals surface area contributed by atoms with E-state index in [9.17, 15) is 62.1 Å². The summed E-state index contributed by atoms with van der Waals surface area (Å²) in [6, 6.07) is 25.6. The number of hydrogen-bond acceptors (Lipinski definition) is 19. The Hall–Kier alpha value is -8.02. The van der Waals surface area contributed by atoms with Crippen molar-refractivity contribution in [3.63, 3.8) is 0 Å². The van der Waals surface area contributed by atoms with Crippen molar-refractivity contribution in [1.82, 2.24) is 0 Å². The zero-order valence-electron chi connectivity index (χ0n) is 34.5. The van der Waals surface area contributed by atoms with E-state index in [-0.39, 0.29) is 77.8 Å². The zero-order valence-corrected chi connectivity index (χ0v) is 37.7. The molecule has 0 aliphatic rings. The molecular formula is C42H31N9O14S4. The lowest BCUT2D eigenvalue weighted by atomic mass is 10.1. The second-order valence-corrected chi connectivity index (χ2v) is 20.4. The van der Waals surface area contributed by atoms with Gasteiger partial charge < -0.3 is 27.0 Å². The minimum Gasteiger partial charge on any atom is -0.505 e. The van der Waals surface area contributed by atoms with Gasteiger partial charge in [-0.3, -0.25) is 18.2 Å². The Morgan fingerprint density at radius 2 is 0.870 bits per heavy atom. The van der Waals surface area contributed by atoms with Gasteiger partial charge in [0.1, 0.15) is 26.1 Å². The molecule has 352 valence electrons. The van der Waals surface area contributed by atoms with Gasteiger partial charge in [0.2, 0.25) is 0 Å². The molecule has 0 bridgehead atoms. The maximum atomic E-state index is 12.6. The molecule has 0 amide bonds. The van der Waals surface area contributed by atoms with Gasteiger partial charge in [0.05, 0.1) is 33.3 Å². The van der Waals surface area contributed by atoms with E-state index in [0.717, 1.165) is 30.3 Å². The lowest BCUT2D eigenvalue weighted by Crippen LogP contribution is -2.03. The zero-order chi connectivity index (χ0) is 49.8. The summed E-state index contributed by atoms with van der Waals surface area (Å²) in [5.74, 6) is -1.25. The Morgan fingerprint density at radius 1 is 0.406 bits per heavy atom. The monoisotopic (exact) mass is 1010 g/mol. The van der Waals surface area contributed by atoms with Gasteiger partial charge in [-0.1, -0.05) is 6.07 Å². The molecule has 8 aromatic carbocycles. The fraction of sp³-hybridized carbons (Fsp3) is 0. The van der Waals surface area contributed by atoms with Crippen LogP contribution in [0.1, 0.15) is 0 Å². The summed E-state index contributed by atoms with van der Waals surface area (Å²) in [6.07, 6.45) is 0. The van der Waals surface area contributed by atoms with Gasteiger partial charge >= 0.3 is 0 Å². The van der Waals surface area contributed by atoms with Crippen molar-refractivity contribution in [3.8, 4) is 11.5 Å². The van der Waals surface area contributed by atoms with Crippen LogP contribution in [0.15, 0.2) is 172 Å². The van der Waals surface area contributed by atoms with Gasteiger partial charge in [0, 0.05) is 38.6 Å². The largest absolute Gasteiger partial charge is 0.505 e. The van der Waals surface area contributed by atoms with Gasteiger partial charge in [-0.15, -0.1) is 20.5 Å². The van der Waals surface area contributed by atoms with Gasteiger partial charge in [-0.2, -0.15) is 43.9 Å². The van der Waals surface area contributed by atoms with Crippen LogP contribution in [0.3, 0.4) is 0 Å². The number of nitrogens with two attached hydrogens (primary N) is 2. The standard InChI is InChI=1S/C42H31N9O14S4/c43-23-1-9-29-21(15-23)17-37(68(60,61)62)39(41(29)52)50-46-26-5-3-25(4-6-26)45-35-12-7-27(19-36(35)67(57,58)59)47-48-34-14-13-33(31-11-8-28(20-32(31)34)66(54,55)56)49-51-40-38(69(63,64)65)18-22-16-24(44)2-10-30(22)42(40)53/h1-20,45,52-53H,43-44H2,(H,54,55,56)(H,57,58,59)(H,60,61,62)(H,63,64,65). The molecule has 0 aromatic heterocycles. The van der Waals surface area contributed by atoms with E-state index in [1.807, 2.05) is 0 Å². The Balaban J connectivity index is 1.09. The summed E-state index contributed by atoms with van der Waals surface area (Å²) in [4.78, 5) is -2.78. The van der Waals surface area contributed by atoms with Crippen LogP contribution < -0.4 is 16.8 Å². The number of aromatic hydroxyl groups is 2. The third-order valence-corrected chi connectivity index (χ3v) is 13.6. The molecule has 0 aliphatic heterocycles. The molecular weight excluding hydrogens is 983 g/mol. The smallest absolute Gasteiger partial charge is 0.296 e. The third kappa shape index (κ3) is 10.0. The highest BCUT2D eigenvalue weighted by molar-refractivity contribution is 7.86. The van der Waals surface area contributed by atoms with E-state index >= 15 is 0 Å². The van der Waals surface area contributed by atoms with Crippen LogP contribution in [0, 0.1) is 0 Å². The number of nitrogens with zero attached hydrogens (tertiary/aromatic N) is 6. The van der Waals surface area contributed by atoms with Crippen LogP contribution in [0.4, 0.5) is 56.9 Å². The lowest BCUT2D eigenvalue weighted by molar-refractivity contribution is 0.471. The molecule has 0 unspecified atom stereocenters. The molecule has 0 saturated heterocycles. The van der Waals surface area contributed by atoms with Gasteiger partial charge in [-0.05, 0) is 126 Å². The summed E-state index contributed by atoms with van der Waals surface area (Å²) in [7, 11) is -19.6. The van der Waals surface area contributed by atoms with Crippen molar-refractivity contribution in [2.24, 2.45) is 30.7 Å². The van der Waals surface area contributed by atoms with Crippen LogP contribution in [0.25, 0.3) is 32.3 Å². The Kier molecular flexibility index (Phi) is 12.1. The summed E-state index contributed by atoms with van der Waals surface area (Å²) < 4.78 is 139. The van der Waals surface area contributed by atoms with Crippen molar-refractivity contribution >= 4 is 130 Å². The van der Waals surface area contributed by atoms with E-state index in [1.54, 1.807) is 0 Å². The number of nitrogens with one attached hydrogen (secondary N) is 1. The first kappa shape index (κ1) is 47.5. The van der Waals surface area contributed by atoms with Crippen LogP contribution in [-0.4, -0.2) is 62.1 Å². The number of rotatable bonds is 12. The number of hydrogen-bond donors (Lipinski definition) is 9. The first-order valence-electron chi connectivity index (χ1n) is 19.2. The normalized spacial score (nSPS) is 12.9. The molecule has 0 fully saturated rings. The van der Waals surface area contributed by atoms with E-state index in [4.69, 9.17) is 11.5 Å². The Morgan fingerprint density at radius 3 is 1.39 bits per heavy atom. The topological polar surface area (TPSA) is 396 Å². The van der Waals surface area contributed by atoms with Crippen LogP contribution in [-0.2, 0) is 40.5 Å². The predicted octanol–water partition coefficient (Wildman–Crippen LogP) is 9.70. The molecule has 8 aromatic rings. The summed E-state index contributed by atoms with van der Waals surface area (Å²) in [5.41, 5.74) is 10.9. The number of fused-ring (bicyclic) bond motifs is 3. The number of anilines is 4. The average Bonchev–Trinajstić information content (AvgIpc) is 3.27. The molecule has 27 heteroatoms. The maximum Gasteiger partial charge on any atom is 0.296 e. The van der Waals surface area contributed by atoms with E-state index in [2.05, 4.69) is 36.0 Å². The molecule has 0 atom stereocenters. The highest BCUT2D eigenvalue weighted by Crippen LogP contribution is 2.45. The molecule has 8 rings (SSSR count). The molecule has 69 heavy (non-hydrogen) atoms. The first-order valence-corrected chi connectivity index (χ1v) is 24.9. The van der Waals surface area contributed by atoms with Crippen molar-refractivity contribution < 1.29 is 62.1 Å². The highest BCUT2D eigenvalue weighted by atomic mass is 32.2. The van der Waals surface area contributed by atoms with Crippen LogP contribution in [0.5, 0.6) is 11.5 Å². The summed E-state index contributed by atoms with van der Waals surface area (Å²) in [6.45, 7) is 0. The van der Waals surface area contributed by atoms with Gasteiger partial charge in [0.25, 0.3) is 40.5 Å². The molecule has 0 spiro atoms. The van der Waals surface area contributed by atoms with Gasteiger partial charge in [-0.25, -0.2) is 0 Å². The third-order valence-electron chi connectivity index (χ3n) is 10.1. The first-order chi connectivity index (χ1) is 32.3. The Bertz CT molecular complexity index is 4040. The molecule has 0 aliphatic carbocycles. The number of nitrogen functional groups attached to an aromatic ring is 2. The molecule has 23 nitrogen and oxygen atoms in total.